The standard InChI is InChI=1S/C25H36F2N2O/c1-16(14-29-12-11-28-15-29)21-5-6-22-20-4-3-17-13-25(30,23(26)27)10-8-18(17)19(20)7-9-24(21,22)2/h11-12,15,17-23,30H,1,3-10,13-14H2,2H3/t17-,18-,19+,20+,21+,22-,24+,25-/m0/s1. The van der Waals surface area contributed by atoms with E-state index < -0.39 is 12.0 Å². The average Bonchev–Trinajstić information content (AvgIpc) is 3.34. The van der Waals surface area contributed by atoms with Gasteiger partial charge in [0.2, 0.25) is 0 Å². The van der Waals surface area contributed by atoms with E-state index in [1.165, 1.54) is 31.3 Å². The highest BCUT2D eigenvalue weighted by Crippen LogP contribution is 2.65. The molecule has 4 aliphatic rings. The van der Waals surface area contributed by atoms with Crippen LogP contribution >= 0.6 is 0 Å². The number of hydrogen-bond donors (Lipinski definition) is 1. The Hall–Kier alpha value is -1.23. The molecule has 0 spiro atoms. The van der Waals surface area contributed by atoms with Crippen LogP contribution in [0.1, 0.15) is 64.7 Å². The van der Waals surface area contributed by atoms with Gasteiger partial charge in [-0.1, -0.05) is 19.1 Å². The molecule has 1 heterocycles. The summed E-state index contributed by atoms with van der Waals surface area (Å²) in [6, 6.07) is 0. The third-order valence-corrected chi connectivity index (χ3v) is 9.89. The summed E-state index contributed by atoms with van der Waals surface area (Å²) in [5, 5.41) is 10.4. The number of fused-ring (bicyclic) bond motifs is 5. The minimum atomic E-state index is -2.61. The monoisotopic (exact) mass is 418 g/mol. The molecule has 0 amide bonds. The zero-order chi connectivity index (χ0) is 21.1. The van der Waals surface area contributed by atoms with Crippen LogP contribution in [0, 0.1) is 40.9 Å². The topological polar surface area (TPSA) is 38.0 Å². The summed E-state index contributed by atoms with van der Waals surface area (Å²) in [7, 11) is 0. The molecule has 1 aromatic rings. The first kappa shape index (κ1) is 20.7. The molecule has 8 atom stereocenters. The van der Waals surface area contributed by atoms with Crippen LogP contribution in [0.3, 0.4) is 0 Å². The quantitative estimate of drug-likeness (QED) is 0.637. The average molecular weight is 419 g/mol. The zero-order valence-corrected chi connectivity index (χ0v) is 18.1. The highest BCUT2D eigenvalue weighted by molar-refractivity contribution is 5.16. The van der Waals surface area contributed by atoms with Gasteiger partial charge in [-0.2, -0.15) is 0 Å². The minimum absolute atomic E-state index is 0.279. The molecule has 4 aliphatic carbocycles. The first-order valence-corrected chi connectivity index (χ1v) is 12.0. The van der Waals surface area contributed by atoms with Crippen LogP contribution in [0.15, 0.2) is 30.9 Å². The van der Waals surface area contributed by atoms with Crippen molar-refractivity contribution in [3.63, 3.8) is 0 Å². The third kappa shape index (κ3) is 3.18. The van der Waals surface area contributed by atoms with Crippen molar-refractivity contribution >= 4 is 0 Å². The molecule has 5 heteroatoms. The lowest BCUT2D eigenvalue weighted by Crippen LogP contribution is -2.52. The fraction of sp³-hybridized carbons (Fsp3) is 0.800. The number of aromatic nitrogens is 2. The highest BCUT2D eigenvalue weighted by Gasteiger charge is 2.58. The summed E-state index contributed by atoms with van der Waals surface area (Å²) in [6.45, 7) is 7.87. The number of halogens is 2. The summed E-state index contributed by atoms with van der Waals surface area (Å²) in [6.07, 6.45) is 11.6. The Bertz CT molecular complexity index is 780. The Morgan fingerprint density at radius 1 is 1.13 bits per heavy atom. The van der Waals surface area contributed by atoms with Gasteiger partial charge in [0.25, 0.3) is 6.43 Å². The number of allylic oxidation sites excluding steroid dienone is 1. The second-order valence-corrected chi connectivity index (χ2v) is 11.2. The van der Waals surface area contributed by atoms with Crippen molar-refractivity contribution in [1.29, 1.82) is 0 Å². The van der Waals surface area contributed by atoms with E-state index in [0.29, 0.717) is 29.6 Å². The van der Waals surface area contributed by atoms with Crippen molar-refractivity contribution < 1.29 is 13.9 Å². The fourth-order valence-electron chi connectivity index (χ4n) is 8.50. The van der Waals surface area contributed by atoms with Crippen LogP contribution in [0.25, 0.3) is 0 Å². The molecule has 1 aromatic heterocycles. The van der Waals surface area contributed by atoms with E-state index >= 15 is 0 Å². The van der Waals surface area contributed by atoms with Crippen LogP contribution in [0.5, 0.6) is 0 Å². The van der Waals surface area contributed by atoms with Crippen molar-refractivity contribution in [2.75, 3.05) is 0 Å². The van der Waals surface area contributed by atoms with Gasteiger partial charge < -0.3 is 9.67 Å². The Labute approximate surface area is 179 Å². The van der Waals surface area contributed by atoms with Crippen molar-refractivity contribution in [1.82, 2.24) is 9.55 Å². The molecule has 3 nitrogen and oxygen atoms in total. The third-order valence-electron chi connectivity index (χ3n) is 9.89. The molecular weight excluding hydrogens is 382 g/mol. The maximum Gasteiger partial charge on any atom is 0.266 e. The molecule has 0 aromatic carbocycles. The maximum absolute atomic E-state index is 13.4. The molecule has 0 unspecified atom stereocenters. The number of nitrogens with zero attached hydrogens (tertiary/aromatic N) is 2. The first-order chi connectivity index (χ1) is 14.3. The largest absolute Gasteiger partial charge is 0.384 e. The van der Waals surface area contributed by atoms with Crippen LogP contribution in [0.4, 0.5) is 8.78 Å². The molecule has 166 valence electrons. The summed E-state index contributed by atoms with van der Waals surface area (Å²) in [5.41, 5.74) is -0.0742. The molecule has 0 radical (unpaired) electrons. The molecular formula is C25H36F2N2O. The number of rotatable bonds is 4. The van der Waals surface area contributed by atoms with Gasteiger partial charge in [-0.15, -0.1) is 0 Å². The van der Waals surface area contributed by atoms with E-state index in [2.05, 4.69) is 23.1 Å². The SMILES string of the molecule is C=C(Cn1ccnc1)[C@H]1CC[C@H]2[C@@H]3CC[C@H]4C[C@](O)(C(F)F)CC[C@@H]4[C@H]3CC[C@]12C. The van der Waals surface area contributed by atoms with E-state index in [1.54, 1.807) is 0 Å². The Kier molecular flexibility index (Phi) is 5.11. The van der Waals surface area contributed by atoms with Crippen LogP contribution < -0.4 is 0 Å². The fourth-order valence-corrected chi connectivity index (χ4v) is 8.50. The van der Waals surface area contributed by atoms with Crippen LogP contribution in [0.2, 0.25) is 0 Å². The summed E-state index contributed by atoms with van der Waals surface area (Å²) in [4.78, 5) is 4.17. The van der Waals surface area contributed by atoms with Crippen LogP contribution in [-0.4, -0.2) is 26.7 Å². The lowest BCUT2D eigenvalue weighted by atomic mass is 9.48. The molecule has 0 aliphatic heterocycles. The minimum Gasteiger partial charge on any atom is -0.384 e. The van der Waals surface area contributed by atoms with Crippen molar-refractivity contribution in [3.8, 4) is 0 Å². The van der Waals surface area contributed by atoms with Gasteiger partial charge in [0.15, 0.2) is 0 Å². The van der Waals surface area contributed by atoms with Gasteiger partial charge in [-0.05, 0) is 98.7 Å². The van der Waals surface area contributed by atoms with Gasteiger partial charge in [0.1, 0.15) is 5.60 Å². The van der Waals surface area contributed by atoms with Gasteiger partial charge in [0, 0.05) is 18.9 Å². The van der Waals surface area contributed by atoms with Gasteiger partial charge in [-0.3, -0.25) is 0 Å². The van der Waals surface area contributed by atoms with Gasteiger partial charge in [0.05, 0.1) is 6.33 Å². The lowest BCUT2D eigenvalue weighted by Gasteiger charge is -2.57. The summed E-state index contributed by atoms with van der Waals surface area (Å²) >= 11 is 0. The van der Waals surface area contributed by atoms with Crippen molar-refractivity contribution in [2.24, 2.45) is 40.9 Å². The molecule has 30 heavy (non-hydrogen) atoms. The normalized spacial score (nSPS) is 45.6. The van der Waals surface area contributed by atoms with E-state index in [1.807, 2.05) is 18.7 Å². The second kappa shape index (κ2) is 7.43. The van der Waals surface area contributed by atoms with Gasteiger partial charge >= 0.3 is 0 Å². The first-order valence-electron chi connectivity index (χ1n) is 12.0. The predicted molar refractivity (Wildman–Crippen MR) is 113 cm³/mol. The Balaban J connectivity index is 1.30. The van der Waals surface area contributed by atoms with E-state index in [-0.39, 0.29) is 12.3 Å². The number of imidazole rings is 1. The predicted octanol–water partition coefficient (Wildman–Crippen LogP) is 5.70. The smallest absolute Gasteiger partial charge is 0.266 e. The highest BCUT2D eigenvalue weighted by atomic mass is 19.3. The zero-order valence-electron chi connectivity index (χ0n) is 18.1. The summed E-state index contributed by atoms with van der Waals surface area (Å²) in [5.74, 6) is 3.53. The number of alkyl halides is 2. The van der Waals surface area contributed by atoms with E-state index in [4.69, 9.17) is 0 Å². The number of aliphatic hydroxyl groups is 1. The molecule has 0 bridgehead atoms. The maximum atomic E-state index is 13.4. The molecule has 0 saturated heterocycles. The molecule has 4 saturated carbocycles. The van der Waals surface area contributed by atoms with E-state index in [0.717, 1.165) is 37.6 Å². The van der Waals surface area contributed by atoms with E-state index in [9.17, 15) is 13.9 Å². The molecule has 5 rings (SSSR count). The molecule has 4 fully saturated rings. The Morgan fingerprint density at radius 2 is 1.93 bits per heavy atom. The Morgan fingerprint density at radius 3 is 2.67 bits per heavy atom. The van der Waals surface area contributed by atoms with Crippen LogP contribution in [-0.2, 0) is 6.54 Å². The lowest BCUT2D eigenvalue weighted by molar-refractivity contribution is -0.158. The van der Waals surface area contributed by atoms with Crippen molar-refractivity contribution in [3.05, 3.63) is 30.9 Å². The summed E-state index contributed by atoms with van der Waals surface area (Å²) < 4.78 is 29.0. The second-order valence-electron chi connectivity index (χ2n) is 11.2. The molecule has 1 N–H and O–H groups in total. The number of hydrogen-bond acceptors (Lipinski definition) is 2. The van der Waals surface area contributed by atoms with Crippen molar-refractivity contribution in [2.45, 2.75) is 83.3 Å². The van der Waals surface area contributed by atoms with Gasteiger partial charge in [-0.25, -0.2) is 13.8 Å².